The summed E-state index contributed by atoms with van der Waals surface area (Å²) in [6, 6.07) is 15.1. The molecule has 3 aromatic heterocycles. The zero-order valence-corrected chi connectivity index (χ0v) is 61.6. The molecule has 3 aromatic carbocycles. The summed E-state index contributed by atoms with van der Waals surface area (Å²) in [6.45, 7) is 32.2. The van der Waals surface area contributed by atoms with Gasteiger partial charge in [0.1, 0.15) is 42.0 Å². The molecule has 6 fully saturated rings. The van der Waals surface area contributed by atoms with Crippen LogP contribution in [0.2, 0.25) is 0 Å². The van der Waals surface area contributed by atoms with Crippen LogP contribution in [0, 0.1) is 20.8 Å². The lowest BCUT2D eigenvalue weighted by Crippen LogP contribution is -2.74. The minimum Gasteiger partial charge on any atom is -0.383 e. The Kier molecular flexibility index (Phi) is 19.1. The lowest BCUT2D eigenvalue weighted by Gasteiger charge is -2.56. The number of nitrogens with one attached hydrogen (secondary N) is 1. The Morgan fingerprint density at radius 1 is 0.583 bits per heavy atom. The van der Waals surface area contributed by atoms with Crippen LogP contribution in [-0.2, 0) is 56.2 Å². The van der Waals surface area contributed by atoms with E-state index < -0.39 is 71.5 Å². The van der Waals surface area contributed by atoms with Gasteiger partial charge < -0.3 is 53.8 Å². The first-order valence-corrected chi connectivity index (χ1v) is 36.5. The van der Waals surface area contributed by atoms with Gasteiger partial charge in [-0.3, -0.25) is 38.6 Å². The molecule has 10 aliphatic heterocycles. The molecule has 12 atom stereocenters. The molecule has 10 aliphatic rings. The van der Waals surface area contributed by atoms with Gasteiger partial charge >= 0.3 is 0 Å². The molecule has 13 heterocycles. The van der Waals surface area contributed by atoms with E-state index in [1.54, 1.807) is 4.90 Å². The number of aliphatic hydroxyl groups excluding tert-OH is 1. The van der Waals surface area contributed by atoms with Gasteiger partial charge in [-0.1, -0.05) is 96.0 Å². The third kappa shape index (κ3) is 11.7. The van der Waals surface area contributed by atoms with Crippen molar-refractivity contribution in [1.29, 1.82) is 0 Å². The van der Waals surface area contributed by atoms with Crippen LogP contribution >= 0.6 is 0 Å². The number of allylic oxidation sites excluding steroid dienone is 6. The number of aromatic nitrogens is 3. The van der Waals surface area contributed by atoms with Crippen LogP contribution in [0.4, 0.5) is 0 Å². The lowest BCUT2D eigenvalue weighted by molar-refractivity contribution is -0.390. The number of aliphatic hydroxyl groups is 3. The molecule has 6 saturated heterocycles. The van der Waals surface area contributed by atoms with Gasteiger partial charge in [0, 0.05) is 83.0 Å². The topological polar surface area (TPSA) is 236 Å². The van der Waals surface area contributed by atoms with Crippen molar-refractivity contribution in [3.63, 3.8) is 0 Å². The van der Waals surface area contributed by atoms with Crippen LogP contribution in [0.15, 0.2) is 113 Å². The molecule has 0 aliphatic carbocycles. The number of aromatic amines is 1. The fraction of sp³-hybridized carbons (Fsp3) is 0.512. The van der Waals surface area contributed by atoms with Crippen molar-refractivity contribution in [2.75, 3.05) is 26.2 Å². The van der Waals surface area contributed by atoms with E-state index in [1.807, 2.05) is 149 Å². The van der Waals surface area contributed by atoms with Gasteiger partial charge in [-0.25, -0.2) is 9.78 Å². The highest BCUT2D eigenvalue weighted by molar-refractivity contribution is 6.04. The fourth-order valence-electron chi connectivity index (χ4n) is 18.0. The summed E-state index contributed by atoms with van der Waals surface area (Å²) >= 11 is 0. The third-order valence-corrected chi connectivity index (χ3v) is 22.4. The van der Waals surface area contributed by atoms with E-state index in [1.165, 1.54) is 31.2 Å². The zero-order valence-electron chi connectivity index (χ0n) is 61.6. The number of ether oxygens (including phenoxy) is 1. The van der Waals surface area contributed by atoms with E-state index in [4.69, 9.17) is 14.5 Å². The third-order valence-electron chi connectivity index (χ3n) is 22.4. The van der Waals surface area contributed by atoms with E-state index >= 15 is 0 Å². The van der Waals surface area contributed by atoms with Gasteiger partial charge in [0.2, 0.25) is 23.6 Å². The largest absolute Gasteiger partial charge is 0.383 e. The number of carbonyl (C=O) groups is 6. The quantitative estimate of drug-likeness (QED) is 0.0823. The second-order valence-electron chi connectivity index (χ2n) is 31.9. The molecule has 103 heavy (non-hydrogen) atoms. The summed E-state index contributed by atoms with van der Waals surface area (Å²) in [4.78, 5) is 108. The Bertz CT molecular complexity index is 4660. The van der Waals surface area contributed by atoms with Crippen molar-refractivity contribution in [2.45, 2.75) is 247 Å². The number of rotatable bonds is 8. The second kappa shape index (κ2) is 26.9. The van der Waals surface area contributed by atoms with E-state index in [9.17, 15) is 44.1 Å². The lowest BCUT2D eigenvalue weighted by atomic mass is 9.79. The molecule has 21 heteroatoms. The van der Waals surface area contributed by atoms with E-state index in [-0.39, 0.29) is 55.8 Å². The first kappa shape index (κ1) is 72.9. The number of carbonyl (C=O) groups excluding carboxylic acids is 6. The highest BCUT2D eigenvalue weighted by atomic mass is 17.2. The Balaban J connectivity index is 0.000000140. The van der Waals surface area contributed by atoms with Crippen molar-refractivity contribution in [1.82, 2.24) is 43.5 Å². The predicted molar refractivity (Wildman–Crippen MR) is 394 cm³/mol. The van der Waals surface area contributed by atoms with Crippen LogP contribution in [0.25, 0.3) is 32.7 Å². The molecule has 6 aromatic rings. The molecule has 0 radical (unpaired) electrons. The first-order valence-electron chi connectivity index (χ1n) is 36.5. The van der Waals surface area contributed by atoms with Gasteiger partial charge in [-0.2, -0.15) is 0 Å². The van der Waals surface area contributed by atoms with Crippen LogP contribution in [0.1, 0.15) is 222 Å². The molecule has 0 saturated carbocycles. The number of H-pyrrole nitrogens is 1. The van der Waals surface area contributed by atoms with Crippen LogP contribution in [0.3, 0.4) is 0 Å². The maximum absolute atomic E-state index is 14.4. The van der Waals surface area contributed by atoms with Crippen molar-refractivity contribution in [3.8, 4) is 0 Å². The number of fused-ring (bicyclic) bond motifs is 16. The maximum atomic E-state index is 14.4. The maximum Gasteiger partial charge on any atom is 0.279 e. The average Bonchev–Trinajstić information content (AvgIpc) is 1.63. The van der Waals surface area contributed by atoms with Gasteiger partial charge in [-0.15, -0.1) is 0 Å². The number of piperazine rings is 3. The normalized spacial score (nSPS) is 28.4. The standard InChI is InChI=1S/C32H41N3O6.C27H33N3O4.C22H25N3O2.CH4/c1-18(2)12-14-39-28-26-21-11-10-20(5)16-23(21)34-25(15-19(3)4)40-41-31(6,7)17-24(27(26)34)35-29(36)22-9-8-13-33(22)30(37)32(28,35)38;1-15(2)10-12-28-20-14-17(5)8-9-18(20)22-23(28)21(13-16(3)4)30-25(32)19-7-6-11-29(19)26(33)27(30,34)24(22)31;1-12(2)9-18-20-15(14-7-6-13(3)10-16(14)23-20)11-19-21(26)24-8-4-5-17(24)22(27)25(18)19;/h10-12,15-16,22,24-25,28,38H,8-9,13-14,17H2,1-7H3;8-10,13-14,19,21,24,31,34H,6-7,11-12H2,1-5H3;6-7,9-10,17-19,23H,4-5,8,11H2,1-3H3;1H4/t22-,24-,25+,28-,32+;19-,21-,24-,27+;17-,18?,19-;/m000./s1. The number of hydrogen-bond acceptors (Lipinski definition) is 12. The number of nitrogens with zero attached hydrogens (tertiary/aromatic N) is 8. The van der Waals surface area contributed by atoms with Gasteiger partial charge in [0.05, 0.1) is 41.6 Å². The van der Waals surface area contributed by atoms with Gasteiger partial charge in [0.15, 0.2) is 6.23 Å². The second-order valence-corrected chi connectivity index (χ2v) is 31.9. The van der Waals surface area contributed by atoms with Crippen molar-refractivity contribution in [2.24, 2.45) is 0 Å². The number of hydrogen-bond donors (Lipinski definition) is 4. The Morgan fingerprint density at radius 2 is 1.12 bits per heavy atom. The van der Waals surface area contributed by atoms with E-state index in [0.717, 1.165) is 102 Å². The van der Waals surface area contributed by atoms with Crippen LogP contribution < -0.4 is 0 Å². The van der Waals surface area contributed by atoms with Crippen LogP contribution in [0.5, 0.6) is 0 Å². The number of amides is 6. The molecule has 548 valence electrons. The highest BCUT2D eigenvalue weighted by Gasteiger charge is 2.69. The van der Waals surface area contributed by atoms with Gasteiger partial charge in [-0.05, 0) is 189 Å². The Labute approximate surface area is 603 Å². The summed E-state index contributed by atoms with van der Waals surface area (Å²) in [5.41, 5.74) is 11.2. The fourth-order valence-corrected chi connectivity index (χ4v) is 18.0. The first-order chi connectivity index (χ1) is 48.4. The molecule has 21 nitrogen and oxygen atoms in total. The molecule has 1 unspecified atom stereocenters. The monoisotopic (exact) mass is 1410 g/mol. The van der Waals surface area contributed by atoms with E-state index in [2.05, 4.69) is 63.5 Å². The Morgan fingerprint density at radius 3 is 1.72 bits per heavy atom. The summed E-state index contributed by atoms with van der Waals surface area (Å²) in [7, 11) is 0. The minimum absolute atomic E-state index is 0. The molecular formula is C82H103N9O12. The number of aryl methyl sites for hydroxylation is 3. The smallest absolute Gasteiger partial charge is 0.279 e. The van der Waals surface area contributed by atoms with Crippen molar-refractivity contribution >= 4 is 68.2 Å². The SMILES string of the molecule is C.CC(C)=CC1c2[nH]c3cc(C)ccc3c2C[C@H]2C(=O)N3CCC[C@H]3C(=O)N12.CC(C)=CCO[C@H]1c2c3n(c4cc(C)ccc24)[C@@H](C=C(C)C)OOC(C)(C)C[C@@H]3N2C(=O)[C@@H]3CCCN3C(=O)[C@]12O.CC(C)=CCn1c2c(c3ccc(C)cc31)[C@H](O)[C@@]1(O)C(=O)N3CCC[C@H]3C(=O)N1[C@H]2C=C(C)C. The molecule has 4 N–H and O–H groups in total. The molecular weight excluding hydrogens is 1300 g/mol. The summed E-state index contributed by atoms with van der Waals surface area (Å²) in [6.07, 6.45) is 12.0. The predicted octanol–water partition coefficient (Wildman–Crippen LogP) is 12.5. The van der Waals surface area contributed by atoms with Crippen LogP contribution in [-0.4, -0.2) is 162 Å². The number of benzene rings is 3. The van der Waals surface area contributed by atoms with Gasteiger partial charge in [0.25, 0.3) is 23.3 Å². The summed E-state index contributed by atoms with van der Waals surface area (Å²) < 4.78 is 10.7. The highest BCUT2D eigenvalue weighted by Crippen LogP contribution is 2.58. The summed E-state index contributed by atoms with van der Waals surface area (Å²) in [5, 5.41) is 39.2. The molecule has 6 amide bonds. The van der Waals surface area contributed by atoms with Crippen molar-refractivity contribution in [3.05, 3.63) is 163 Å². The van der Waals surface area contributed by atoms with Crippen molar-refractivity contribution < 1.29 is 58.6 Å². The minimum atomic E-state index is -2.35. The van der Waals surface area contributed by atoms with E-state index in [0.29, 0.717) is 70.3 Å². The molecule has 16 rings (SSSR count). The summed E-state index contributed by atoms with van der Waals surface area (Å²) in [5.74, 6) is -1.38. The Hall–Kier alpha value is -8.44. The molecule has 0 spiro atoms. The molecule has 0 bridgehead atoms. The average molecular weight is 1410 g/mol. The zero-order chi connectivity index (χ0) is 72.8.